The Labute approximate surface area is 233 Å². The van der Waals surface area contributed by atoms with Crippen LogP contribution in [0.15, 0.2) is 54.9 Å². The average molecular weight is 549 g/mol. The molecule has 1 aliphatic carbocycles. The highest BCUT2D eigenvalue weighted by Gasteiger charge is 2.32. The van der Waals surface area contributed by atoms with E-state index in [4.69, 9.17) is 16.3 Å². The van der Waals surface area contributed by atoms with Gasteiger partial charge < -0.3 is 15.0 Å². The van der Waals surface area contributed by atoms with Gasteiger partial charge in [0.2, 0.25) is 0 Å². The Morgan fingerprint density at radius 2 is 1.84 bits per heavy atom. The number of rotatable bonds is 8. The molecule has 2 aromatic heterocycles. The van der Waals surface area contributed by atoms with Gasteiger partial charge in [-0.05, 0) is 70.3 Å². The van der Waals surface area contributed by atoms with Crippen LogP contribution in [-0.2, 0) is 6.54 Å². The molecule has 6 nitrogen and oxygen atoms in total. The number of fused-ring (bicyclic) bond motifs is 1. The molecular formula is C30H33ClN4O2S. The van der Waals surface area contributed by atoms with E-state index in [1.165, 1.54) is 11.3 Å². The van der Waals surface area contributed by atoms with Crippen molar-refractivity contribution < 1.29 is 9.53 Å². The molecule has 38 heavy (non-hydrogen) atoms. The predicted molar refractivity (Wildman–Crippen MR) is 155 cm³/mol. The number of nitrogens with zero attached hydrogens (tertiary/aromatic N) is 3. The number of amides is 1. The van der Waals surface area contributed by atoms with Crippen LogP contribution in [0.25, 0.3) is 21.2 Å². The average Bonchev–Trinajstić information content (AvgIpc) is 3.29. The molecule has 0 bridgehead atoms. The van der Waals surface area contributed by atoms with Crippen molar-refractivity contribution in [2.75, 3.05) is 13.7 Å². The number of benzene rings is 2. The van der Waals surface area contributed by atoms with Crippen molar-refractivity contribution in [2.24, 2.45) is 0 Å². The Kier molecular flexibility index (Phi) is 8.27. The molecule has 0 spiro atoms. The maximum Gasteiger partial charge on any atom is 0.266 e. The minimum Gasteiger partial charge on any atom is -0.494 e. The summed E-state index contributed by atoms with van der Waals surface area (Å²) in [6.45, 7) is 4.83. The number of thiophene rings is 1. The number of hydrogen-bond acceptors (Lipinski definition) is 6. The predicted octanol–water partition coefficient (Wildman–Crippen LogP) is 6.89. The summed E-state index contributed by atoms with van der Waals surface area (Å²) in [7, 11) is 2.01. The van der Waals surface area contributed by atoms with Crippen molar-refractivity contribution in [1.29, 1.82) is 0 Å². The molecule has 198 valence electrons. The molecule has 0 unspecified atom stereocenters. The van der Waals surface area contributed by atoms with Gasteiger partial charge in [0.25, 0.3) is 5.91 Å². The Hall–Kier alpha value is -3.00. The molecule has 2 heterocycles. The molecule has 1 fully saturated rings. The summed E-state index contributed by atoms with van der Waals surface area (Å²) < 4.78 is 7.05. The zero-order valence-corrected chi connectivity index (χ0v) is 23.6. The second kappa shape index (κ2) is 11.8. The van der Waals surface area contributed by atoms with Gasteiger partial charge in [-0.1, -0.05) is 35.9 Å². The van der Waals surface area contributed by atoms with E-state index in [0.29, 0.717) is 29.1 Å². The summed E-state index contributed by atoms with van der Waals surface area (Å²) in [5.41, 5.74) is 2.89. The minimum absolute atomic E-state index is 0.0179. The maximum absolute atomic E-state index is 14.2. The summed E-state index contributed by atoms with van der Waals surface area (Å²) in [6.07, 6.45) is 7.61. The molecular weight excluding hydrogens is 516 g/mol. The first kappa shape index (κ1) is 26.6. The number of aromatic nitrogens is 2. The molecule has 1 saturated carbocycles. The highest BCUT2D eigenvalue weighted by Crippen LogP contribution is 2.38. The topological polar surface area (TPSA) is 67.4 Å². The fraction of sp³-hybridized carbons (Fsp3) is 0.367. The van der Waals surface area contributed by atoms with Crippen molar-refractivity contribution in [3.05, 3.63) is 76.1 Å². The van der Waals surface area contributed by atoms with E-state index >= 15 is 0 Å². The Morgan fingerprint density at radius 3 is 2.53 bits per heavy atom. The largest absolute Gasteiger partial charge is 0.494 e. The zero-order valence-electron chi connectivity index (χ0n) is 22.0. The molecule has 2 aromatic carbocycles. The number of ether oxygens (including phenoxy) is 1. The molecule has 1 N–H and O–H groups in total. The van der Waals surface area contributed by atoms with E-state index < -0.39 is 0 Å². The number of carbonyl (C=O) groups is 1. The molecule has 1 aliphatic rings. The van der Waals surface area contributed by atoms with Crippen LogP contribution in [-0.4, -0.2) is 46.5 Å². The van der Waals surface area contributed by atoms with Crippen LogP contribution < -0.4 is 10.1 Å². The van der Waals surface area contributed by atoms with Crippen LogP contribution in [0.3, 0.4) is 0 Å². The number of hydrogen-bond donors (Lipinski definition) is 1. The Balaban J connectivity index is 1.53. The molecule has 5 rings (SSSR count). The fourth-order valence-corrected chi connectivity index (χ4v) is 6.70. The molecule has 0 aliphatic heterocycles. The van der Waals surface area contributed by atoms with Gasteiger partial charge in [0.1, 0.15) is 16.5 Å². The highest BCUT2D eigenvalue weighted by atomic mass is 35.5. The van der Waals surface area contributed by atoms with E-state index in [2.05, 4.69) is 21.4 Å². The van der Waals surface area contributed by atoms with Crippen LogP contribution in [0, 0.1) is 6.92 Å². The van der Waals surface area contributed by atoms with Crippen molar-refractivity contribution in [3.8, 4) is 16.9 Å². The van der Waals surface area contributed by atoms with Crippen molar-refractivity contribution >= 4 is 38.9 Å². The number of nitrogens with one attached hydrogen (secondary N) is 1. The molecule has 0 radical (unpaired) electrons. The third kappa shape index (κ3) is 5.55. The third-order valence-corrected chi connectivity index (χ3v) is 9.01. The van der Waals surface area contributed by atoms with Crippen molar-refractivity contribution in [1.82, 2.24) is 20.2 Å². The summed E-state index contributed by atoms with van der Waals surface area (Å²) in [6, 6.07) is 14.7. The van der Waals surface area contributed by atoms with E-state index in [-0.39, 0.29) is 11.9 Å². The zero-order chi connectivity index (χ0) is 26.6. The molecule has 4 aromatic rings. The SMILES string of the molecule is CCOc1ccc(-c2cnc(C)nc2)cc1CN(C(=O)c1sc2ccccc2c1Cl)C1CCC(NC)CC1. The van der Waals surface area contributed by atoms with Gasteiger partial charge in [-0.25, -0.2) is 9.97 Å². The fourth-order valence-electron chi connectivity index (χ4n) is 5.23. The monoisotopic (exact) mass is 548 g/mol. The van der Waals surface area contributed by atoms with Crippen molar-refractivity contribution in [2.45, 2.75) is 58.2 Å². The highest BCUT2D eigenvalue weighted by molar-refractivity contribution is 7.21. The van der Waals surface area contributed by atoms with Crippen LogP contribution in [0.2, 0.25) is 5.02 Å². The third-order valence-electron chi connectivity index (χ3n) is 7.35. The van der Waals surface area contributed by atoms with Crippen LogP contribution in [0.1, 0.15) is 53.7 Å². The first-order chi connectivity index (χ1) is 18.5. The van der Waals surface area contributed by atoms with E-state index in [9.17, 15) is 4.79 Å². The van der Waals surface area contributed by atoms with E-state index in [1.54, 1.807) is 0 Å². The lowest BCUT2D eigenvalue weighted by atomic mass is 9.89. The normalized spacial score (nSPS) is 17.5. The van der Waals surface area contributed by atoms with Gasteiger partial charge in [0.05, 0.1) is 11.6 Å². The van der Waals surface area contributed by atoms with Crippen LogP contribution in [0.4, 0.5) is 0 Å². The van der Waals surface area contributed by atoms with Gasteiger partial charge in [-0.2, -0.15) is 0 Å². The molecule has 0 atom stereocenters. The first-order valence-corrected chi connectivity index (χ1v) is 14.4. The second-order valence-electron chi connectivity index (χ2n) is 9.74. The molecule has 0 saturated heterocycles. The number of aryl methyl sites for hydroxylation is 1. The van der Waals surface area contributed by atoms with Crippen molar-refractivity contribution in [3.63, 3.8) is 0 Å². The maximum atomic E-state index is 14.2. The second-order valence-corrected chi connectivity index (χ2v) is 11.2. The Bertz CT molecular complexity index is 1410. The van der Waals surface area contributed by atoms with Gasteiger partial charge >= 0.3 is 0 Å². The smallest absolute Gasteiger partial charge is 0.266 e. The van der Waals surface area contributed by atoms with E-state index in [0.717, 1.165) is 64.0 Å². The summed E-state index contributed by atoms with van der Waals surface area (Å²) in [4.78, 5) is 25.6. The number of halogens is 1. The summed E-state index contributed by atoms with van der Waals surface area (Å²) in [5.74, 6) is 1.50. The summed E-state index contributed by atoms with van der Waals surface area (Å²) in [5, 5.41) is 4.87. The quantitative estimate of drug-likeness (QED) is 0.259. The standard InChI is InChI=1S/C30H33ClN4O2S/c1-4-37-26-14-9-20(22-16-33-19(2)34-17-22)15-21(26)18-35(24-12-10-23(32-3)11-13-24)30(36)29-28(31)25-7-5-6-8-27(25)38-29/h5-9,14-17,23-24,32H,4,10-13,18H2,1-3H3. The van der Waals surface area contributed by atoms with E-state index in [1.807, 2.05) is 74.6 Å². The van der Waals surface area contributed by atoms with Crippen LogP contribution in [0.5, 0.6) is 5.75 Å². The lowest BCUT2D eigenvalue weighted by molar-refractivity contribution is 0.0604. The number of carbonyl (C=O) groups excluding carboxylic acids is 1. The first-order valence-electron chi connectivity index (χ1n) is 13.2. The minimum atomic E-state index is -0.0179. The Morgan fingerprint density at radius 1 is 1.11 bits per heavy atom. The van der Waals surface area contributed by atoms with Crippen LogP contribution >= 0.6 is 22.9 Å². The van der Waals surface area contributed by atoms with Gasteiger partial charge in [-0.3, -0.25) is 4.79 Å². The molecule has 8 heteroatoms. The van der Waals surface area contributed by atoms with Gasteiger partial charge in [-0.15, -0.1) is 11.3 Å². The lowest BCUT2D eigenvalue weighted by Crippen LogP contribution is -2.44. The van der Waals surface area contributed by atoms with Gasteiger partial charge in [0, 0.05) is 52.2 Å². The van der Waals surface area contributed by atoms with Gasteiger partial charge in [0.15, 0.2) is 0 Å². The molecule has 1 amide bonds. The lowest BCUT2D eigenvalue weighted by Gasteiger charge is -2.37. The summed E-state index contributed by atoms with van der Waals surface area (Å²) >= 11 is 8.27.